The van der Waals surface area contributed by atoms with Gasteiger partial charge in [0, 0.05) is 17.1 Å². The van der Waals surface area contributed by atoms with Crippen molar-refractivity contribution in [2.24, 2.45) is 0 Å². The maximum Gasteiger partial charge on any atom is 0.216 e. The van der Waals surface area contributed by atoms with Gasteiger partial charge in [-0.3, -0.25) is 4.98 Å². The number of pyridine rings is 1. The molecule has 72 valence electrons. The van der Waals surface area contributed by atoms with Gasteiger partial charge in [-0.25, -0.2) is 0 Å². The fraction of sp³-hybridized carbons (Fsp3) is 0.100. The molecule has 0 unspecified atom stereocenters. The molecule has 14 heavy (non-hydrogen) atoms. The van der Waals surface area contributed by atoms with E-state index in [1.807, 2.05) is 24.3 Å². The van der Waals surface area contributed by atoms with E-state index in [2.05, 4.69) is 4.98 Å². The van der Waals surface area contributed by atoms with Gasteiger partial charge in [0.1, 0.15) is 0 Å². The molecule has 1 aromatic carbocycles. The standard InChI is InChI=1S/C10H6Cl3N/c11-10(12,13)8-5-6-14-9-4-2-1-3-7(8)9/h1-6H. The molecule has 2 rings (SSSR count). The predicted octanol–water partition coefficient (Wildman–Crippen LogP) is 4.06. The highest BCUT2D eigenvalue weighted by Gasteiger charge is 2.24. The average Bonchev–Trinajstić information content (AvgIpc) is 2.15. The van der Waals surface area contributed by atoms with Gasteiger partial charge in [0.2, 0.25) is 3.79 Å². The summed E-state index contributed by atoms with van der Waals surface area (Å²) in [5, 5.41) is 0.870. The van der Waals surface area contributed by atoms with Gasteiger partial charge in [-0.1, -0.05) is 53.0 Å². The van der Waals surface area contributed by atoms with Crippen LogP contribution >= 0.6 is 34.8 Å². The second kappa shape index (κ2) is 3.58. The largest absolute Gasteiger partial charge is 0.256 e. The Bertz CT molecular complexity index is 457. The first kappa shape index (κ1) is 10.0. The van der Waals surface area contributed by atoms with E-state index in [1.54, 1.807) is 12.3 Å². The molecular weight excluding hydrogens is 240 g/mol. The predicted molar refractivity (Wildman–Crippen MR) is 61.0 cm³/mol. The summed E-state index contributed by atoms with van der Waals surface area (Å²) in [6, 6.07) is 9.28. The Morgan fingerprint density at radius 2 is 1.71 bits per heavy atom. The molecule has 0 spiro atoms. The third kappa shape index (κ3) is 1.81. The molecule has 0 aliphatic rings. The summed E-state index contributed by atoms with van der Waals surface area (Å²) >= 11 is 17.5. The summed E-state index contributed by atoms with van der Waals surface area (Å²) < 4.78 is -1.40. The average molecular weight is 247 g/mol. The summed E-state index contributed by atoms with van der Waals surface area (Å²) in [5.74, 6) is 0. The normalized spacial score (nSPS) is 11.9. The Labute approximate surface area is 96.6 Å². The van der Waals surface area contributed by atoms with E-state index in [1.165, 1.54) is 0 Å². The summed E-state index contributed by atoms with van der Waals surface area (Å²) in [5.41, 5.74) is 1.49. The van der Waals surface area contributed by atoms with Crippen molar-refractivity contribution in [3.05, 3.63) is 42.1 Å². The number of benzene rings is 1. The molecule has 1 heterocycles. The number of aromatic nitrogens is 1. The lowest BCUT2D eigenvalue weighted by atomic mass is 10.1. The number of nitrogens with zero attached hydrogens (tertiary/aromatic N) is 1. The fourth-order valence-corrected chi connectivity index (χ4v) is 1.84. The van der Waals surface area contributed by atoms with Crippen LogP contribution in [0.25, 0.3) is 10.9 Å². The summed E-state index contributed by atoms with van der Waals surface area (Å²) in [7, 11) is 0. The Kier molecular flexibility index (Phi) is 2.56. The third-order valence-corrected chi connectivity index (χ3v) is 2.57. The first-order chi connectivity index (χ1) is 6.59. The van der Waals surface area contributed by atoms with Crippen molar-refractivity contribution < 1.29 is 0 Å². The highest BCUT2D eigenvalue weighted by atomic mass is 35.6. The lowest BCUT2D eigenvalue weighted by molar-refractivity contribution is 1.24. The molecule has 0 bridgehead atoms. The van der Waals surface area contributed by atoms with Gasteiger partial charge in [-0.05, 0) is 12.1 Å². The van der Waals surface area contributed by atoms with Crippen LogP contribution in [0.4, 0.5) is 0 Å². The van der Waals surface area contributed by atoms with Gasteiger partial charge in [0.05, 0.1) is 5.52 Å². The minimum absolute atomic E-state index is 0.660. The third-order valence-electron chi connectivity index (χ3n) is 1.95. The molecular formula is C10H6Cl3N. The highest BCUT2D eigenvalue weighted by Crippen LogP contribution is 2.40. The number of hydrogen-bond acceptors (Lipinski definition) is 1. The molecule has 1 aromatic heterocycles. The maximum atomic E-state index is 5.84. The highest BCUT2D eigenvalue weighted by molar-refractivity contribution is 6.67. The SMILES string of the molecule is ClC(Cl)(Cl)c1ccnc2ccccc12. The monoisotopic (exact) mass is 245 g/mol. The Hall–Kier alpha value is -0.500. The van der Waals surface area contributed by atoms with Crippen LogP contribution in [0, 0.1) is 0 Å². The van der Waals surface area contributed by atoms with E-state index in [-0.39, 0.29) is 0 Å². The van der Waals surface area contributed by atoms with Crippen LogP contribution in [0.15, 0.2) is 36.5 Å². The molecule has 1 nitrogen and oxygen atoms in total. The van der Waals surface area contributed by atoms with E-state index in [4.69, 9.17) is 34.8 Å². The van der Waals surface area contributed by atoms with Crippen molar-refractivity contribution in [1.82, 2.24) is 4.98 Å². The fourth-order valence-electron chi connectivity index (χ4n) is 1.34. The minimum atomic E-state index is -1.40. The van der Waals surface area contributed by atoms with Gasteiger partial charge in [0.25, 0.3) is 0 Å². The molecule has 0 radical (unpaired) electrons. The Morgan fingerprint density at radius 1 is 1.00 bits per heavy atom. The zero-order valence-corrected chi connectivity index (χ0v) is 9.31. The van der Waals surface area contributed by atoms with E-state index >= 15 is 0 Å². The quantitative estimate of drug-likeness (QED) is 0.639. The molecule has 0 saturated carbocycles. The number of fused-ring (bicyclic) bond motifs is 1. The van der Waals surface area contributed by atoms with E-state index < -0.39 is 3.79 Å². The van der Waals surface area contributed by atoms with E-state index in [9.17, 15) is 0 Å². The first-order valence-electron chi connectivity index (χ1n) is 4.00. The van der Waals surface area contributed by atoms with Crippen molar-refractivity contribution in [3.8, 4) is 0 Å². The van der Waals surface area contributed by atoms with Gasteiger partial charge in [-0.15, -0.1) is 0 Å². The molecule has 0 aliphatic carbocycles. The number of rotatable bonds is 0. The van der Waals surface area contributed by atoms with Gasteiger partial charge in [0.15, 0.2) is 0 Å². The lowest BCUT2D eigenvalue weighted by Crippen LogP contribution is -2.01. The molecule has 0 aliphatic heterocycles. The van der Waals surface area contributed by atoms with Crippen molar-refractivity contribution in [3.63, 3.8) is 0 Å². The van der Waals surface area contributed by atoms with E-state index in [0.717, 1.165) is 10.9 Å². The second-order valence-corrected chi connectivity index (χ2v) is 5.15. The van der Waals surface area contributed by atoms with Crippen LogP contribution < -0.4 is 0 Å². The second-order valence-electron chi connectivity index (χ2n) is 2.87. The number of hydrogen-bond donors (Lipinski definition) is 0. The van der Waals surface area contributed by atoms with Crippen molar-refractivity contribution in [2.75, 3.05) is 0 Å². The summed E-state index contributed by atoms with van der Waals surface area (Å²) in [6.45, 7) is 0. The topological polar surface area (TPSA) is 12.9 Å². The first-order valence-corrected chi connectivity index (χ1v) is 5.13. The number of halogens is 3. The molecule has 0 atom stereocenters. The van der Waals surface area contributed by atoms with Crippen LogP contribution in [-0.2, 0) is 3.79 Å². The minimum Gasteiger partial charge on any atom is -0.256 e. The van der Waals surface area contributed by atoms with Crippen molar-refractivity contribution in [2.45, 2.75) is 3.79 Å². The van der Waals surface area contributed by atoms with Crippen LogP contribution in [0.1, 0.15) is 5.56 Å². The molecule has 0 saturated heterocycles. The molecule has 0 amide bonds. The smallest absolute Gasteiger partial charge is 0.216 e. The summed E-state index contributed by atoms with van der Waals surface area (Å²) in [6.07, 6.45) is 1.64. The van der Waals surface area contributed by atoms with Crippen LogP contribution in [0.2, 0.25) is 0 Å². The number of alkyl halides is 3. The van der Waals surface area contributed by atoms with Crippen LogP contribution in [0.3, 0.4) is 0 Å². The molecule has 0 fully saturated rings. The zero-order valence-electron chi connectivity index (χ0n) is 7.05. The summed E-state index contributed by atoms with van der Waals surface area (Å²) in [4.78, 5) is 4.18. The van der Waals surface area contributed by atoms with Gasteiger partial charge < -0.3 is 0 Å². The lowest BCUT2D eigenvalue weighted by Gasteiger charge is -2.13. The van der Waals surface area contributed by atoms with Crippen LogP contribution in [0.5, 0.6) is 0 Å². The Morgan fingerprint density at radius 3 is 2.43 bits per heavy atom. The molecule has 2 aromatic rings. The van der Waals surface area contributed by atoms with E-state index in [0.29, 0.717) is 5.56 Å². The number of para-hydroxylation sites is 1. The van der Waals surface area contributed by atoms with Crippen molar-refractivity contribution in [1.29, 1.82) is 0 Å². The molecule has 4 heteroatoms. The van der Waals surface area contributed by atoms with Gasteiger partial charge >= 0.3 is 0 Å². The van der Waals surface area contributed by atoms with Crippen molar-refractivity contribution >= 4 is 45.7 Å². The molecule has 0 N–H and O–H groups in total. The zero-order chi connectivity index (χ0) is 10.2. The van der Waals surface area contributed by atoms with Gasteiger partial charge in [-0.2, -0.15) is 0 Å². The van der Waals surface area contributed by atoms with Crippen LogP contribution in [-0.4, -0.2) is 4.98 Å². The maximum absolute atomic E-state index is 5.84. The Balaban J connectivity index is 2.78.